The fraction of sp³-hybridized carbons (Fsp3) is 0.333. The van der Waals surface area contributed by atoms with Crippen LogP contribution in [0.25, 0.3) is 11.4 Å². The van der Waals surface area contributed by atoms with Crippen LogP contribution >= 0.6 is 0 Å². The molecule has 2 aromatic carbocycles. The van der Waals surface area contributed by atoms with E-state index in [2.05, 4.69) is 20.1 Å². The van der Waals surface area contributed by atoms with Crippen molar-refractivity contribution in [3.05, 3.63) is 69.0 Å². The fourth-order valence-corrected chi connectivity index (χ4v) is 3.97. The van der Waals surface area contributed by atoms with Crippen molar-refractivity contribution in [1.82, 2.24) is 14.8 Å². The first kappa shape index (κ1) is 23.1. The smallest absolute Gasteiger partial charge is 0.338 e. The highest BCUT2D eigenvalue weighted by Gasteiger charge is 2.20. The lowest BCUT2D eigenvalue weighted by Crippen LogP contribution is -2.15. The molecule has 0 fully saturated rings. The van der Waals surface area contributed by atoms with Crippen molar-refractivity contribution >= 4 is 23.3 Å². The van der Waals surface area contributed by atoms with Crippen LogP contribution < -0.4 is 5.32 Å². The number of aryl methyl sites for hydroxylation is 2. The van der Waals surface area contributed by atoms with Gasteiger partial charge in [0.2, 0.25) is 0 Å². The summed E-state index contributed by atoms with van der Waals surface area (Å²) in [4.78, 5) is 35.9. The number of non-ortho nitro benzene ring substituents is 1. The molecule has 34 heavy (non-hydrogen) atoms. The first-order chi connectivity index (χ1) is 16.4. The van der Waals surface area contributed by atoms with Crippen molar-refractivity contribution < 1.29 is 19.2 Å². The highest BCUT2D eigenvalue weighted by atomic mass is 16.6. The van der Waals surface area contributed by atoms with Crippen LogP contribution in [0, 0.1) is 17.0 Å². The summed E-state index contributed by atoms with van der Waals surface area (Å²) < 4.78 is 7.06. The number of rotatable bonds is 6. The fourth-order valence-electron chi connectivity index (χ4n) is 3.97. The van der Waals surface area contributed by atoms with Gasteiger partial charge in [-0.25, -0.2) is 4.79 Å². The zero-order valence-corrected chi connectivity index (χ0v) is 19.0. The van der Waals surface area contributed by atoms with E-state index in [1.807, 2.05) is 25.1 Å². The highest BCUT2D eigenvalue weighted by Crippen LogP contribution is 2.28. The molecule has 0 atom stereocenters. The van der Waals surface area contributed by atoms with Crippen molar-refractivity contribution in [3.8, 4) is 11.4 Å². The Balaban J connectivity index is 1.65. The summed E-state index contributed by atoms with van der Waals surface area (Å²) in [5.41, 5.74) is 1.72. The Bertz CT molecular complexity index is 1270. The molecule has 2 heterocycles. The molecule has 4 rings (SSSR count). The molecule has 1 aliphatic heterocycles. The van der Waals surface area contributed by atoms with Crippen molar-refractivity contribution in [1.29, 1.82) is 0 Å². The van der Waals surface area contributed by atoms with Gasteiger partial charge in [-0.1, -0.05) is 18.6 Å². The standard InChI is InChI=1S/C24H25N5O5/c1-3-34-24(31)18-11-17(12-19(13-18)29(32)33)23(30)25-20-14-16(9-8-15(20)2)22-27-26-21-7-5-4-6-10-28(21)22/h8-9,11-14H,3-7,10H2,1-2H3,(H,25,30). The van der Waals surface area contributed by atoms with Gasteiger partial charge in [-0.15, -0.1) is 10.2 Å². The van der Waals surface area contributed by atoms with E-state index in [0.717, 1.165) is 67.1 Å². The number of hydrogen-bond donors (Lipinski definition) is 1. The number of esters is 1. The molecule has 0 saturated heterocycles. The zero-order chi connectivity index (χ0) is 24.2. The molecule has 0 saturated carbocycles. The topological polar surface area (TPSA) is 129 Å². The van der Waals surface area contributed by atoms with Gasteiger partial charge >= 0.3 is 5.97 Å². The zero-order valence-electron chi connectivity index (χ0n) is 19.0. The molecule has 1 aromatic heterocycles. The van der Waals surface area contributed by atoms with Crippen LogP contribution in [0.2, 0.25) is 0 Å². The van der Waals surface area contributed by atoms with Gasteiger partial charge in [-0.3, -0.25) is 14.9 Å². The second-order valence-electron chi connectivity index (χ2n) is 8.13. The molecule has 0 bridgehead atoms. The number of anilines is 1. The number of aromatic nitrogens is 3. The SMILES string of the molecule is CCOC(=O)c1cc(C(=O)Nc2cc(-c3nnc4n3CCCCC4)ccc2C)cc([N+](=O)[O-])c1. The highest BCUT2D eigenvalue weighted by molar-refractivity contribution is 6.06. The molecule has 1 amide bonds. The molecule has 0 aliphatic carbocycles. The Kier molecular flexibility index (Phi) is 6.67. The molecular formula is C24H25N5O5. The Morgan fingerprint density at radius 1 is 1.12 bits per heavy atom. The summed E-state index contributed by atoms with van der Waals surface area (Å²) in [7, 11) is 0. The van der Waals surface area contributed by atoms with Crippen LogP contribution in [0.1, 0.15) is 58.3 Å². The molecular weight excluding hydrogens is 438 g/mol. The van der Waals surface area contributed by atoms with Gasteiger partial charge in [-0.05, 0) is 44.4 Å². The summed E-state index contributed by atoms with van der Waals surface area (Å²) in [5, 5.41) is 22.9. The average molecular weight is 463 g/mol. The maximum Gasteiger partial charge on any atom is 0.338 e. The van der Waals surface area contributed by atoms with Gasteiger partial charge in [0.15, 0.2) is 5.82 Å². The minimum atomic E-state index is -0.731. The third kappa shape index (κ3) is 4.80. The van der Waals surface area contributed by atoms with Crippen molar-refractivity contribution in [3.63, 3.8) is 0 Å². The van der Waals surface area contributed by atoms with Crippen LogP contribution in [-0.2, 0) is 17.7 Å². The van der Waals surface area contributed by atoms with Gasteiger partial charge in [0.05, 0.1) is 17.1 Å². The van der Waals surface area contributed by atoms with Crippen LogP contribution in [-0.4, -0.2) is 38.2 Å². The minimum Gasteiger partial charge on any atom is -0.462 e. The van der Waals surface area contributed by atoms with Crippen LogP contribution in [0.4, 0.5) is 11.4 Å². The van der Waals surface area contributed by atoms with Gasteiger partial charge in [0, 0.05) is 41.9 Å². The molecule has 176 valence electrons. The molecule has 0 unspecified atom stereocenters. The number of nitro benzene ring substituents is 1. The van der Waals surface area contributed by atoms with Gasteiger partial charge < -0.3 is 14.6 Å². The number of nitrogens with zero attached hydrogens (tertiary/aromatic N) is 4. The summed E-state index contributed by atoms with van der Waals surface area (Å²) in [5.74, 6) is 0.398. The van der Waals surface area contributed by atoms with Crippen molar-refractivity contribution in [2.45, 2.75) is 46.1 Å². The Morgan fingerprint density at radius 3 is 2.68 bits per heavy atom. The van der Waals surface area contributed by atoms with E-state index in [-0.39, 0.29) is 23.4 Å². The number of nitrogens with one attached hydrogen (secondary N) is 1. The first-order valence-electron chi connectivity index (χ1n) is 11.2. The molecule has 1 aliphatic rings. The third-order valence-electron chi connectivity index (χ3n) is 5.76. The lowest BCUT2D eigenvalue weighted by atomic mass is 10.1. The van der Waals surface area contributed by atoms with E-state index in [4.69, 9.17) is 4.74 Å². The number of hydrogen-bond acceptors (Lipinski definition) is 7. The normalized spacial score (nSPS) is 13.0. The molecule has 10 heteroatoms. The Labute approximate surface area is 196 Å². The monoisotopic (exact) mass is 463 g/mol. The third-order valence-corrected chi connectivity index (χ3v) is 5.76. The molecule has 1 N–H and O–H groups in total. The van der Waals surface area contributed by atoms with E-state index in [1.54, 1.807) is 6.92 Å². The second kappa shape index (κ2) is 9.82. The maximum atomic E-state index is 13.0. The number of fused-ring (bicyclic) bond motifs is 1. The summed E-state index contributed by atoms with van der Waals surface area (Å²) >= 11 is 0. The number of benzene rings is 2. The predicted molar refractivity (Wildman–Crippen MR) is 125 cm³/mol. The molecule has 3 aromatic rings. The van der Waals surface area contributed by atoms with Crippen molar-refractivity contribution in [2.75, 3.05) is 11.9 Å². The number of carbonyl (C=O) groups excluding carboxylic acids is 2. The Hall–Kier alpha value is -4.08. The molecule has 0 radical (unpaired) electrons. The lowest BCUT2D eigenvalue weighted by molar-refractivity contribution is -0.384. The number of nitro groups is 1. The van der Waals surface area contributed by atoms with E-state index in [9.17, 15) is 19.7 Å². The summed E-state index contributed by atoms with van der Waals surface area (Å²) in [6.45, 7) is 4.44. The van der Waals surface area contributed by atoms with Gasteiger partial charge in [0.25, 0.3) is 11.6 Å². The minimum absolute atomic E-state index is 0.0154. The largest absolute Gasteiger partial charge is 0.462 e. The lowest BCUT2D eigenvalue weighted by Gasteiger charge is -2.12. The van der Waals surface area contributed by atoms with Gasteiger partial charge in [0.1, 0.15) is 5.82 Å². The van der Waals surface area contributed by atoms with E-state index >= 15 is 0 Å². The molecule has 0 spiro atoms. The first-order valence-corrected chi connectivity index (χ1v) is 11.2. The number of amides is 1. The van der Waals surface area contributed by atoms with Crippen LogP contribution in [0.3, 0.4) is 0 Å². The van der Waals surface area contributed by atoms with E-state index in [0.29, 0.717) is 5.69 Å². The summed E-state index contributed by atoms with van der Waals surface area (Å²) in [6, 6.07) is 9.14. The van der Waals surface area contributed by atoms with Crippen LogP contribution in [0.15, 0.2) is 36.4 Å². The summed E-state index contributed by atoms with van der Waals surface area (Å²) in [6.07, 6.45) is 4.18. The predicted octanol–water partition coefficient (Wildman–Crippen LogP) is 4.32. The van der Waals surface area contributed by atoms with Gasteiger partial charge in [-0.2, -0.15) is 0 Å². The number of ether oxygens (including phenoxy) is 1. The van der Waals surface area contributed by atoms with Crippen LogP contribution in [0.5, 0.6) is 0 Å². The number of carbonyl (C=O) groups is 2. The second-order valence-corrected chi connectivity index (χ2v) is 8.13. The Morgan fingerprint density at radius 2 is 1.91 bits per heavy atom. The van der Waals surface area contributed by atoms with E-state index in [1.165, 1.54) is 6.07 Å². The average Bonchev–Trinajstić information content (AvgIpc) is 3.08. The maximum absolute atomic E-state index is 13.0. The quantitative estimate of drug-likeness (QED) is 0.327. The molecule has 10 nitrogen and oxygen atoms in total. The van der Waals surface area contributed by atoms with E-state index < -0.39 is 16.8 Å². The van der Waals surface area contributed by atoms with Crippen molar-refractivity contribution in [2.24, 2.45) is 0 Å².